The molecule has 1 saturated heterocycles. The number of nitrogens with one attached hydrogen (secondary N) is 1. The van der Waals surface area contributed by atoms with Crippen LogP contribution in [0.5, 0.6) is 0 Å². The fourth-order valence-corrected chi connectivity index (χ4v) is 5.06. The lowest BCUT2D eigenvalue weighted by molar-refractivity contribution is -0.130. The van der Waals surface area contributed by atoms with E-state index in [0.717, 1.165) is 28.1 Å². The number of likely N-dealkylation sites (tertiary alicyclic amines) is 1. The Morgan fingerprint density at radius 3 is 2.90 bits per heavy atom. The molecule has 8 nitrogen and oxygen atoms in total. The minimum absolute atomic E-state index is 0.0738. The van der Waals surface area contributed by atoms with Crippen molar-refractivity contribution in [2.24, 2.45) is 0 Å². The lowest BCUT2D eigenvalue weighted by atomic mass is 10.1. The maximum absolute atomic E-state index is 13.1. The van der Waals surface area contributed by atoms with Crippen molar-refractivity contribution < 1.29 is 9.90 Å². The Bertz CT molecular complexity index is 1090. The summed E-state index contributed by atoms with van der Waals surface area (Å²) < 4.78 is 2.18. The number of hydrogen-bond acceptors (Lipinski definition) is 5. The molecule has 164 valence electrons. The smallest absolute Gasteiger partial charge is 0.227 e. The lowest BCUT2D eigenvalue weighted by Crippen LogP contribution is -2.35. The molecule has 2 aliphatic rings. The standard InChI is InChI=1S/C23H30N6O2/c1-15(2)29-14-17(30)12-20(29)23-26-25-21-7-8-27(9-10-28(21)23)22(31)11-16-13-24-19-6-4-3-5-18(16)19/h3-6,13,15,17,20,24,30H,7-12,14H2,1-2H3/t17-,20+/m1/s1. The average molecular weight is 423 g/mol. The summed E-state index contributed by atoms with van der Waals surface area (Å²) in [6.07, 6.45) is 3.39. The lowest BCUT2D eigenvalue weighted by Gasteiger charge is -2.27. The second-order valence-corrected chi connectivity index (χ2v) is 8.99. The Labute approximate surface area is 181 Å². The van der Waals surface area contributed by atoms with Crippen molar-refractivity contribution in [1.29, 1.82) is 0 Å². The second kappa shape index (κ2) is 8.09. The molecule has 8 heteroatoms. The minimum Gasteiger partial charge on any atom is -0.392 e. The van der Waals surface area contributed by atoms with Crippen LogP contribution in [0.4, 0.5) is 0 Å². The molecule has 2 N–H and O–H groups in total. The third kappa shape index (κ3) is 3.74. The molecule has 0 saturated carbocycles. The molecular formula is C23H30N6O2. The van der Waals surface area contributed by atoms with Gasteiger partial charge in [-0.15, -0.1) is 10.2 Å². The summed E-state index contributed by atoms with van der Waals surface area (Å²) >= 11 is 0. The van der Waals surface area contributed by atoms with Crippen molar-refractivity contribution >= 4 is 16.8 Å². The van der Waals surface area contributed by atoms with Gasteiger partial charge in [0.1, 0.15) is 5.82 Å². The predicted molar refractivity (Wildman–Crippen MR) is 118 cm³/mol. The van der Waals surface area contributed by atoms with Crippen LogP contribution in [-0.2, 0) is 24.2 Å². The van der Waals surface area contributed by atoms with Crippen LogP contribution < -0.4 is 0 Å². The van der Waals surface area contributed by atoms with Crippen LogP contribution >= 0.6 is 0 Å². The number of amides is 1. The Kier molecular flexibility index (Phi) is 5.27. The van der Waals surface area contributed by atoms with Gasteiger partial charge < -0.3 is 19.6 Å². The van der Waals surface area contributed by atoms with Gasteiger partial charge in [-0.3, -0.25) is 9.69 Å². The maximum atomic E-state index is 13.1. The summed E-state index contributed by atoms with van der Waals surface area (Å²) in [4.78, 5) is 20.6. The summed E-state index contributed by atoms with van der Waals surface area (Å²) in [5, 5.41) is 20.3. The number of β-amino-alcohol motifs (C(OH)–C–C–N with tert-alkyl or cyclic N) is 1. The number of para-hydroxylation sites is 1. The zero-order valence-corrected chi connectivity index (χ0v) is 18.2. The third-order valence-corrected chi connectivity index (χ3v) is 6.70. The van der Waals surface area contributed by atoms with Crippen molar-refractivity contribution in [3.63, 3.8) is 0 Å². The molecule has 4 heterocycles. The van der Waals surface area contributed by atoms with E-state index in [4.69, 9.17) is 0 Å². The molecule has 1 amide bonds. The van der Waals surface area contributed by atoms with Gasteiger partial charge in [0, 0.05) is 55.7 Å². The molecule has 0 unspecified atom stereocenters. The monoisotopic (exact) mass is 422 g/mol. The molecule has 31 heavy (non-hydrogen) atoms. The highest BCUT2D eigenvalue weighted by atomic mass is 16.3. The summed E-state index contributed by atoms with van der Waals surface area (Å²) in [6, 6.07) is 8.49. The molecule has 2 aliphatic heterocycles. The Balaban J connectivity index is 1.31. The van der Waals surface area contributed by atoms with E-state index in [0.29, 0.717) is 51.5 Å². The van der Waals surface area contributed by atoms with Crippen LogP contribution in [0.2, 0.25) is 0 Å². The zero-order chi connectivity index (χ0) is 21.5. The molecule has 1 fully saturated rings. The van der Waals surface area contributed by atoms with Gasteiger partial charge >= 0.3 is 0 Å². The topological polar surface area (TPSA) is 90.3 Å². The molecule has 0 bridgehead atoms. The molecule has 0 aliphatic carbocycles. The first-order valence-corrected chi connectivity index (χ1v) is 11.2. The Morgan fingerprint density at radius 2 is 2.06 bits per heavy atom. The number of carbonyl (C=O) groups is 1. The molecular weight excluding hydrogens is 392 g/mol. The number of aromatic nitrogens is 4. The molecule has 0 spiro atoms. The number of aromatic amines is 1. The van der Waals surface area contributed by atoms with Crippen molar-refractivity contribution in [2.75, 3.05) is 19.6 Å². The molecule has 3 aromatic rings. The third-order valence-electron chi connectivity index (χ3n) is 6.70. The summed E-state index contributed by atoms with van der Waals surface area (Å²) in [7, 11) is 0. The number of aliphatic hydroxyl groups is 1. The summed E-state index contributed by atoms with van der Waals surface area (Å²) in [5.74, 6) is 2.00. The average Bonchev–Trinajstić information content (AvgIpc) is 3.41. The highest BCUT2D eigenvalue weighted by Crippen LogP contribution is 2.33. The zero-order valence-electron chi connectivity index (χ0n) is 18.2. The number of benzene rings is 1. The van der Waals surface area contributed by atoms with E-state index in [2.05, 4.69) is 44.6 Å². The van der Waals surface area contributed by atoms with Crippen LogP contribution in [0.3, 0.4) is 0 Å². The fraction of sp³-hybridized carbons (Fsp3) is 0.522. The highest BCUT2D eigenvalue weighted by molar-refractivity contribution is 5.88. The van der Waals surface area contributed by atoms with Crippen molar-refractivity contribution in [3.8, 4) is 0 Å². The largest absolute Gasteiger partial charge is 0.392 e. The van der Waals surface area contributed by atoms with E-state index < -0.39 is 0 Å². The molecule has 0 radical (unpaired) electrons. The summed E-state index contributed by atoms with van der Waals surface area (Å²) in [5.41, 5.74) is 2.10. The van der Waals surface area contributed by atoms with Gasteiger partial charge in [0.25, 0.3) is 0 Å². The van der Waals surface area contributed by atoms with Crippen LogP contribution in [0.15, 0.2) is 30.5 Å². The quantitative estimate of drug-likeness (QED) is 0.670. The van der Waals surface area contributed by atoms with Crippen LogP contribution in [-0.4, -0.2) is 72.3 Å². The fourth-order valence-electron chi connectivity index (χ4n) is 5.06. The first-order chi connectivity index (χ1) is 15.0. The van der Waals surface area contributed by atoms with E-state index in [1.165, 1.54) is 0 Å². The van der Waals surface area contributed by atoms with Gasteiger partial charge in [0.05, 0.1) is 18.6 Å². The Hall–Kier alpha value is -2.71. The van der Waals surface area contributed by atoms with Crippen LogP contribution in [0, 0.1) is 0 Å². The molecule has 1 aromatic carbocycles. The first-order valence-electron chi connectivity index (χ1n) is 11.2. The normalized spacial score (nSPS) is 22.3. The van der Waals surface area contributed by atoms with E-state index in [1.54, 1.807) is 0 Å². The van der Waals surface area contributed by atoms with Crippen LogP contribution in [0.25, 0.3) is 10.9 Å². The predicted octanol–water partition coefficient (Wildman–Crippen LogP) is 1.90. The van der Waals surface area contributed by atoms with Crippen LogP contribution in [0.1, 0.15) is 43.5 Å². The van der Waals surface area contributed by atoms with Crippen molar-refractivity contribution in [1.82, 2.24) is 29.5 Å². The number of fused-ring (bicyclic) bond motifs is 2. The van der Waals surface area contributed by atoms with E-state index >= 15 is 0 Å². The van der Waals surface area contributed by atoms with Crippen molar-refractivity contribution in [2.45, 2.75) is 57.8 Å². The molecule has 5 rings (SSSR count). The second-order valence-electron chi connectivity index (χ2n) is 8.99. The van der Waals surface area contributed by atoms with Gasteiger partial charge in [-0.2, -0.15) is 0 Å². The maximum Gasteiger partial charge on any atom is 0.227 e. The Morgan fingerprint density at radius 1 is 1.23 bits per heavy atom. The van der Waals surface area contributed by atoms with Gasteiger partial charge in [0.15, 0.2) is 5.82 Å². The first kappa shape index (κ1) is 20.2. The van der Waals surface area contributed by atoms with E-state index in [1.807, 2.05) is 29.3 Å². The molecule has 2 aromatic heterocycles. The summed E-state index contributed by atoms with van der Waals surface area (Å²) in [6.45, 7) is 6.96. The van der Waals surface area contributed by atoms with Crippen molar-refractivity contribution in [3.05, 3.63) is 47.7 Å². The van der Waals surface area contributed by atoms with E-state index in [-0.39, 0.29) is 18.1 Å². The number of hydrogen-bond donors (Lipinski definition) is 2. The highest BCUT2D eigenvalue weighted by Gasteiger charge is 2.37. The number of carbonyl (C=O) groups excluding carboxylic acids is 1. The SMILES string of the molecule is CC(C)N1C[C@H](O)C[C@H]1c1nnc2n1CCN(C(=O)Cc1c[nH]c3ccccc13)CC2. The number of rotatable bonds is 4. The van der Waals surface area contributed by atoms with Gasteiger partial charge in [-0.25, -0.2) is 0 Å². The van der Waals surface area contributed by atoms with Gasteiger partial charge in [-0.1, -0.05) is 18.2 Å². The van der Waals surface area contributed by atoms with Gasteiger partial charge in [-0.05, 0) is 31.9 Å². The molecule has 2 atom stereocenters. The number of aliphatic hydroxyl groups excluding tert-OH is 1. The number of nitrogens with zero attached hydrogens (tertiary/aromatic N) is 5. The van der Waals surface area contributed by atoms with E-state index in [9.17, 15) is 9.90 Å². The van der Waals surface area contributed by atoms with Gasteiger partial charge in [0.2, 0.25) is 5.91 Å². The minimum atomic E-state index is -0.333. The number of H-pyrrole nitrogens is 1.